The Morgan fingerprint density at radius 3 is 2.50 bits per heavy atom. The van der Waals surface area contributed by atoms with Crippen LogP contribution in [0.2, 0.25) is 0 Å². The number of hydrogen-bond donors (Lipinski definition) is 0. The van der Waals surface area contributed by atoms with Crippen LogP contribution in [-0.2, 0) is 12.8 Å². The van der Waals surface area contributed by atoms with Crippen LogP contribution in [-0.4, -0.2) is 0 Å². The Morgan fingerprint density at radius 2 is 1.67 bits per heavy atom. The van der Waals surface area contributed by atoms with E-state index < -0.39 is 0 Å². The highest BCUT2D eigenvalue weighted by molar-refractivity contribution is 9.11. The van der Waals surface area contributed by atoms with E-state index in [0.29, 0.717) is 0 Å². The van der Waals surface area contributed by atoms with E-state index in [0.717, 1.165) is 12.8 Å². The molecule has 0 aliphatic heterocycles. The van der Waals surface area contributed by atoms with E-state index in [9.17, 15) is 0 Å². The second kappa shape index (κ2) is 4.74. The van der Waals surface area contributed by atoms with Crippen LogP contribution in [0.5, 0.6) is 0 Å². The number of fused-ring (bicyclic) bond motifs is 2. The Balaban J connectivity index is 2.25. The molecule has 0 radical (unpaired) electrons. The third-order valence-electron chi connectivity index (χ3n) is 3.63. The fourth-order valence-corrected chi connectivity index (χ4v) is 3.22. The average molecular weight is 299 g/mol. The van der Waals surface area contributed by atoms with Crippen molar-refractivity contribution in [2.45, 2.75) is 19.8 Å². The summed E-state index contributed by atoms with van der Waals surface area (Å²) in [5.74, 6) is 0. The van der Waals surface area contributed by atoms with Gasteiger partial charge in [-0.3, -0.25) is 0 Å². The molecule has 2 aromatic rings. The molecule has 0 aromatic heterocycles. The molecule has 0 amide bonds. The molecular weight excluding hydrogens is 284 g/mol. The molecule has 0 saturated carbocycles. The van der Waals surface area contributed by atoms with Crippen molar-refractivity contribution in [2.75, 3.05) is 0 Å². The molecule has 0 unspecified atom stereocenters. The van der Waals surface area contributed by atoms with Crippen LogP contribution >= 0.6 is 15.9 Å². The zero-order valence-corrected chi connectivity index (χ0v) is 12.0. The van der Waals surface area contributed by atoms with E-state index in [4.69, 9.17) is 0 Å². The Morgan fingerprint density at radius 1 is 0.944 bits per heavy atom. The van der Waals surface area contributed by atoms with E-state index in [2.05, 4.69) is 70.3 Å². The lowest BCUT2D eigenvalue weighted by molar-refractivity contribution is 0.963. The highest BCUT2D eigenvalue weighted by atomic mass is 79.9. The van der Waals surface area contributed by atoms with Crippen LogP contribution < -0.4 is 0 Å². The fraction of sp³-hybridized carbons (Fsp3) is 0.176. The minimum atomic E-state index is 1.12. The van der Waals surface area contributed by atoms with E-state index in [-0.39, 0.29) is 0 Å². The molecule has 3 rings (SSSR count). The molecular formula is C17H15Br. The number of halogens is 1. The molecule has 1 aliphatic carbocycles. The first-order valence-electron chi connectivity index (χ1n) is 6.28. The summed E-state index contributed by atoms with van der Waals surface area (Å²) < 4.78 is 0. The molecule has 2 aromatic carbocycles. The first-order chi connectivity index (χ1) is 8.79. The van der Waals surface area contributed by atoms with Crippen molar-refractivity contribution in [3.63, 3.8) is 0 Å². The van der Waals surface area contributed by atoms with E-state index in [1.807, 2.05) is 0 Å². The number of hydrogen-bond acceptors (Lipinski definition) is 0. The Bertz CT molecular complexity index is 623. The van der Waals surface area contributed by atoms with E-state index in [1.165, 1.54) is 33.4 Å². The first kappa shape index (κ1) is 11.7. The van der Waals surface area contributed by atoms with Crippen LogP contribution in [0.15, 0.2) is 47.4 Å². The third kappa shape index (κ3) is 1.93. The van der Waals surface area contributed by atoms with Gasteiger partial charge in [0.2, 0.25) is 0 Å². The van der Waals surface area contributed by atoms with Gasteiger partial charge in [0.1, 0.15) is 0 Å². The smallest absolute Gasteiger partial charge is 0.00366 e. The highest BCUT2D eigenvalue weighted by Crippen LogP contribution is 2.34. The second-order valence-corrected chi connectivity index (χ2v) is 5.30. The summed E-state index contributed by atoms with van der Waals surface area (Å²) in [6, 6.07) is 15.5. The maximum atomic E-state index is 3.54. The minimum Gasteiger partial charge on any atom is -0.0620 e. The lowest BCUT2D eigenvalue weighted by atomic mass is 9.95. The lowest BCUT2D eigenvalue weighted by Gasteiger charge is -2.11. The Hall–Kier alpha value is -1.34. The number of benzene rings is 2. The second-order valence-electron chi connectivity index (χ2n) is 4.84. The zero-order valence-electron chi connectivity index (χ0n) is 10.4. The van der Waals surface area contributed by atoms with Crippen molar-refractivity contribution in [3.8, 4) is 0 Å². The molecule has 1 heteroatoms. The van der Waals surface area contributed by atoms with Crippen LogP contribution in [0.4, 0.5) is 0 Å². The summed E-state index contributed by atoms with van der Waals surface area (Å²) in [4.78, 5) is 2.06. The molecule has 0 heterocycles. The summed E-state index contributed by atoms with van der Waals surface area (Å²) in [5.41, 5.74) is 8.26. The minimum absolute atomic E-state index is 1.12. The van der Waals surface area contributed by atoms with Crippen LogP contribution in [0.25, 0.3) is 5.57 Å². The fourth-order valence-electron chi connectivity index (χ4n) is 2.73. The molecule has 0 atom stereocenters. The SMILES string of the molecule is Cc1ccc2c(c1)CCc1ccccc1/C2=C\Br. The van der Waals surface area contributed by atoms with Crippen molar-refractivity contribution in [1.82, 2.24) is 0 Å². The van der Waals surface area contributed by atoms with Crippen LogP contribution in [0, 0.1) is 6.92 Å². The van der Waals surface area contributed by atoms with Gasteiger partial charge in [-0.05, 0) is 52.6 Å². The largest absolute Gasteiger partial charge is 0.0620 e. The normalized spacial score (nSPS) is 16.0. The molecule has 0 N–H and O–H groups in total. The van der Waals surface area contributed by atoms with Crippen LogP contribution in [0.1, 0.15) is 27.8 Å². The van der Waals surface area contributed by atoms with Crippen LogP contribution in [0.3, 0.4) is 0 Å². The molecule has 1 aliphatic rings. The van der Waals surface area contributed by atoms with E-state index >= 15 is 0 Å². The molecule has 0 spiro atoms. The quantitative estimate of drug-likeness (QED) is 0.650. The van der Waals surface area contributed by atoms with Gasteiger partial charge in [0, 0.05) is 0 Å². The standard InChI is InChI=1S/C17H15Br/c1-12-6-9-16-14(10-12)8-7-13-4-2-3-5-15(13)17(16)11-18/h2-6,9-11H,7-8H2,1H3/b17-11+. The molecule has 18 heavy (non-hydrogen) atoms. The van der Waals surface area contributed by atoms with Crippen molar-refractivity contribution < 1.29 is 0 Å². The van der Waals surface area contributed by atoms with Gasteiger partial charge in [-0.2, -0.15) is 0 Å². The summed E-state index contributed by atoms with van der Waals surface area (Å²) in [5, 5.41) is 0. The maximum Gasteiger partial charge on any atom is -0.00366 e. The summed E-state index contributed by atoms with van der Waals surface area (Å²) in [6.07, 6.45) is 2.25. The van der Waals surface area contributed by atoms with Gasteiger partial charge in [0.05, 0.1) is 0 Å². The Kier molecular flexibility index (Phi) is 3.09. The molecule has 0 saturated heterocycles. The summed E-state index contributed by atoms with van der Waals surface area (Å²) in [7, 11) is 0. The predicted octanol–water partition coefficient (Wildman–Crippen LogP) is 4.88. The molecule has 0 nitrogen and oxygen atoms in total. The predicted molar refractivity (Wildman–Crippen MR) is 81.0 cm³/mol. The Labute approximate surface area is 116 Å². The van der Waals surface area contributed by atoms with Gasteiger partial charge < -0.3 is 0 Å². The van der Waals surface area contributed by atoms with Gasteiger partial charge >= 0.3 is 0 Å². The monoisotopic (exact) mass is 298 g/mol. The average Bonchev–Trinajstić information content (AvgIpc) is 2.55. The maximum absolute atomic E-state index is 3.54. The van der Waals surface area contributed by atoms with Crippen molar-refractivity contribution >= 4 is 21.5 Å². The van der Waals surface area contributed by atoms with Crippen molar-refractivity contribution in [3.05, 3.63) is 75.3 Å². The number of aryl methyl sites for hydroxylation is 3. The third-order valence-corrected chi connectivity index (χ3v) is 4.09. The van der Waals surface area contributed by atoms with Gasteiger partial charge in [0.25, 0.3) is 0 Å². The van der Waals surface area contributed by atoms with Gasteiger partial charge in [-0.15, -0.1) is 0 Å². The summed E-state index contributed by atoms with van der Waals surface area (Å²) in [6.45, 7) is 2.16. The zero-order chi connectivity index (χ0) is 12.5. The number of rotatable bonds is 0. The van der Waals surface area contributed by atoms with Gasteiger partial charge in [0.15, 0.2) is 0 Å². The van der Waals surface area contributed by atoms with Gasteiger partial charge in [-0.25, -0.2) is 0 Å². The first-order valence-corrected chi connectivity index (χ1v) is 7.20. The summed E-state index contributed by atoms with van der Waals surface area (Å²) >= 11 is 3.54. The van der Waals surface area contributed by atoms with Crippen molar-refractivity contribution in [1.29, 1.82) is 0 Å². The molecule has 0 bridgehead atoms. The lowest BCUT2D eigenvalue weighted by Crippen LogP contribution is -1.92. The van der Waals surface area contributed by atoms with Crippen molar-refractivity contribution in [2.24, 2.45) is 0 Å². The highest BCUT2D eigenvalue weighted by Gasteiger charge is 2.17. The van der Waals surface area contributed by atoms with Gasteiger partial charge in [-0.1, -0.05) is 64.0 Å². The molecule has 0 fully saturated rings. The molecule has 90 valence electrons. The van der Waals surface area contributed by atoms with E-state index in [1.54, 1.807) is 0 Å². The topological polar surface area (TPSA) is 0 Å².